The van der Waals surface area contributed by atoms with Gasteiger partial charge in [0.25, 0.3) is 0 Å². The Bertz CT molecular complexity index is 335. The van der Waals surface area contributed by atoms with E-state index in [0.717, 1.165) is 24.0 Å². The molecule has 1 nitrogen and oxygen atoms in total. The Morgan fingerprint density at radius 3 is 2.11 bits per heavy atom. The van der Waals surface area contributed by atoms with Gasteiger partial charge in [-0.15, -0.1) is 0 Å². The molecule has 0 aliphatic heterocycles. The summed E-state index contributed by atoms with van der Waals surface area (Å²) in [5, 5.41) is 3.19. The van der Waals surface area contributed by atoms with Crippen molar-refractivity contribution in [3.63, 3.8) is 0 Å². The van der Waals surface area contributed by atoms with E-state index in [-0.39, 0.29) is 0 Å². The van der Waals surface area contributed by atoms with Crippen LogP contribution >= 0.6 is 0 Å². The second kappa shape index (κ2) is 6.78. The first kappa shape index (κ1) is 15.0. The highest BCUT2D eigenvalue weighted by molar-refractivity contribution is 5.17. The van der Waals surface area contributed by atoms with Gasteiger partial charge in [0.15, 0.2) is 0 Å². The van der Waals surface area contributed by atoms with Crippen LogP contribution in [0.1, 0.15) is 25.3 Å². The lowest BCUT2D eigenvalue weighted by atomic mass is 10.2. The highest BCUT2D eigenvalue weighted by atomic mass is 19.4. The molecule has 0 bridgehead atoms. The van der Waals surface area contributed by atoms with Gasteiger partial charge >= 0.3 is 6.18 Å². The quantitative estimate of drug-likeness (QED) is 0.866. The predicted molar refractivity (Wildman–Crippen MR) is 67.3 cm³/mol. The van der Waals surface area contributed by atoms with E-state index in [9.17, 15) is 13.2 Å². The van der Waals surface area contributed by atoms with Crippen LogP contribution in [0.4, 0.5) is 13.2 Å². The average molecular weight is 259 g/mol. The largest absolute Gasteiger partial charge is 0.416 e. The van der Waals surface area contributed by atoms with Crippen LogP contribution in [0.15, 0.2) is 30.3 Å². The van der Waals surface area contributed by atoms with Crippen molar-refractivity contribution in [3.05, 3.63) is 35.9 Å². The van der Waals surface area contributed by atoms with Crippen LogP contribution < -0.4 is 5.32 Å². The van der Waals surface area contributed by atoms with E-state index >= 15 is 0 Å². The summed E-state index contributed by atoms with van der Waals surface area (Å²) in [4.78, 5) is 0. The number of hydrogen-bond donors (Lipinski definition) is 1. The molecular weight excluding hydrogens is 239 g/mol. The average Bonchev–Trinajstić information content (AvgIpc) is 3.09. The van der Waals surface area contributed by atoms with E-state index in [1.54, 1.807) is 6.07 Å². The minimum absolute atomic E-state index is 0.602. The molecule has 0 saturated heterocycles. The van der Waals surface area contributed by atoms with Gasteiger partial charge in [0.2, 0.25) is 0 Å². The SMILES string of the molecule is CCC1CC1CNC.FC(F)(F)c1ccccc1. The van der Waals surface area contributed by atoms with E-state index in [4.69, 9.17) is 0 Å². The molecule has 1 N–H and O–H groups in total. The molecule has 4 heteroatoms. The third kappa shape index (κ3) is 5.08. The van der Waals surface area contributed by atoms with Gasteiger partial charge in [-0.2, -0.15) is 13.2 Å². The molecule has 1 saturated carbocycles. The topological polar surface area (TPSA) is 12.0 Å². The summed E-state index contributed by atoms with van der Waals surface area (Å²) >= 11 is 0. The highest BCUT2D eigenvalue weighted by Gasteiger charge is 2.33. The molecule has 1 aliphatic rings. The molecule has 2 atom stereocenters. The van der Waals surface area contributed by atoms with Gasteiger partial charge in [-0.3, -0.25) is 0 Å². The van der Waals surface area contributed by atoms with Crippen molar-refractivity contribution in [3.8, 4) is 0 Å². The Balaban J connectivity index is 0.000000184. The van der Waals surface area contributed by atoms with Crippen molar-refractivity contribution in [2.75, 3.05) is 13.6 Å². The summed E-state index contributed by atoms with van der Waals surface area (Å²) in [6.07, 6.45) is -1.36. The molecule has 0 spiro atoms. The van der Waals surface area contributed by atoms with E-state index in [1.165, 1.54) is 31.5 Å². The second-order valence-corrected chi connectivity index (χ2v) is 4.59. The van der Waals surface area contributed by atoms with Gasteiger partial charge in [-0.25, -0.2) is 0 Å². The molecule has 0 amide bonds. The summed E-state index contributed by atoms with van der Waals surface area (Å²) < 4.78 is 35.4. The number of rotatable bonds is 3. The zero-order valence-electron chi connectivity index (χ0n) is 10.8. The standard InChI is InChI=1S/C7H5F3.C7H15N/c8-7(9,10)6-4-2-1-3-5-6;1-3-6-4-7(6)5-8-2/h1-5H;6-8H,3-5H2,1-2H3. The fraction of sp³-hybridized carbons (Fsp3) is 0.571. The predicted octanol–water partition coefficient (Wildman–Crippen LogP) is 3.96. The number of benzene rings is 1. The Morgan fingerprint density at radius 1 is 1.17 bits per heavy atom. The second-order valence-electron chi connectivity index (χ2n) is 4.59. The van der Waals surface area contributed by atoms with Gasteiger partial charge in [0, 0.05) is 0 Å². The number of nitrogens with one attached hydrogen (secondary N) is 1. The van der Waals surface area contributed by atoms with Gasteiger partial charge in [-0.05, 0) is 31.8 Å². The van der Waals surface area contributed by atoms with Crippen molar-refractivity contribution < 1.29 is 13.2 Å². The summed E-state index contributed by atoms with van der Waals surface area (Å²) in [5.41, 5.74) is -0.602. The number of halogens is 3. The molecule has 1 fully saturated rings. The van der Waals surface area contributed by atoms with Crippen molar-refractivity contribution in [1.82, 2.24) is 5.32 Å². The third-order valence-corrected chi connectivity index (χ3v) is 3.16. The molecule has 1 aromatic rings. The Hall–Kier alpha value is -1.03. The van der Waals surface area contributed by atoms with Gasteiger partial charge < -0.3 is 5.32 Å². The lowest BCUT2D eigenvalue weighted by Crippen LogP contribution is -2.10. The van der Waals surface area contributed by atoms with E-state index in [2.05, 4.69) is 12.2 Å². The minimum Gasteiger partial charge on any atom is -0.319 e. The first-order chi connectivity index (χ1) is 8.49. The Labute approximate surface area is 106 Å². The van der Waals surface area contributed by atoms with Crippen LogP contribution in [-0.2, 0) is 6.18 Å². The van der Waals surface area contributed by atoms with Crippen molar-refractivity contribution in [1.29, 1.82) is 0 Å². The lowest BCUT2D eigenvalue weighted by Gasteiger charge is -2.03. The molecule has 1 aromatic carbocycles. The fourth-order valence-corrected chi connectivity index (χ4v) is 1.95. The number of hydrogen-bond acceptors (Lipinski definition) is 1. The molecule has 102 valence electrons. The normalized spacial score (nSPS) is 22.1. The van der Waals surface area contributed by atoms with Gasteiger partial charge in [-0.1, -0.05) is 43.7 Å². The van der Waals surface area contributed by atoms with Crippen molar-refractivity contribution in [2.45, 2.75) is 25.9 Å². The summed E-state index contributed by atoms with van der Waals surface area (Å²) in [6.45, 7) is 3.51. The summed E-state index contributed by atoms with van der Waals surface area (Å²) in [5.74, 6) is 2.08. The smallest absolute Gasteiger partial charge is 0.319 e. The maximum absolute atomic E-state index is 11.8. The number of alkyl halides is 3. The minimum atomic E-state index is -4.21. The van der Waals surface area contributed by atoms with E-state index in [0.29, 0.717) is 0 Å². The molecule has 18 heavy (non-hydrogen) atoms. The molecule has 2 rings (SSSR count). The maximum Gasteiger partial charge on any atom is 0.416 e. The molecule has 0 aromatic heterocycles. The van der Waals surface area contributed by atoms with Crippen LogP contribution in [0, 0.1) is 11.8 Å². The zero-order valence-corrected chi connectivity index (χ0v) is 10.8. The maximum atomic E-state index is 11.8. The van der Waals surface area contributed by atoms with Crippen LogP contribution in [-0.4, -0.2) is 13.6 Å². The first-order valence-corrected chi connectivity index (χ1v) is 6.25. The van der Waals surface area contributed by atoms with Crippen molar-refractivity contribution in [2.24, 2.45) is 11.8 Å². The van der Waals surface area contributed by atoms with Crippen molar-refractivity contribution >= 4 is 0 Å². The Kier molecular flexibility index (Phi) is 5.66. The third-order valence-electron chi connectivity index (χ3n) is 3.16. The molecular formula is C14H20F3N. The monoisotopic (exact) mass is 259 g/mol. The fourth-order valence-electron chi connectivity index (χ4n) is 1.95. The summed E-state index contributed by atoms with van der Waals surface area (Å²) in [6, 6.07) is 6.36. The lowest BCUT2D eigenvalue weighted by molar-refractivity contribution is -0.137. The first-order valence-electron chi connectivity index (χ1n) is 6.25. The molecule has 0 radical (unpaired) electrons. The van der Waals surface area contributed by atoms with Crippen LogP contribution in [0.2, 0.25) is 0 Å². The molecule has 2 unspecified atom stereocenters. The van der Waals surface area contributed by atoms with Crippen LogP contribution in [0.3, 0.4) is 0 Å². The highest BCUT2D eigenvalue weighted by Crippen LogP contribution is 2.39. The van der Waals surface area contributed by atoms with Crippen LogP contribution in [0.5, 0.6) is 0 Å². The van der Waals surface area contributed by atoms with Crippen LogP contribution in [0.25, 0.3) is 0 Å². The zero-order chi connectivity index (χ0) is 13.6. The van der Waals surface area contributed by atoms with Gasteiger partial charge in [0.05, 0.1) is 5.56 Å². The molecule has 1 aliphatic carbocycles. The van der Waals surface area contributed by atoms with E-state index < -0.39 is 11.7 Å². The molecule has 0 heterocycles. The van der Waals surface area contributed by atoms with Gasteiger partial charge in [0.1, 0.15) is 0 Å². The summed E-state index contributed by atoms with van der Waals surface area (Å²) in [7, 11) is 2.03. The van der Waals surface area contributed by atoms with E-state index in [1.807, 2.05) is 7.05 Å². The Morgan fingerprint density at radius 2 is 1.78 bits per heavy atom.